The summed E-state index contributed by atoms with van der Waals surface area (Å²) >= 11 is 0. The number of amides is 1. The third kappa shape index (κ3) is 7.11. The molecule has 1 amide bonds. The van der Waals surface area contributed by atoms with Gasteiger partial charge in [-0.05, 0) is 13.8 Å². The Labute approximate surface area is 115 Å². The minimum absolute atomic E-state index is 0.0220. The molecule has 1 aliphatic rings. The Kier molecular flexibility index (Phi) is 6.22. The van der Waals surface area contributed by atoms with E-state index in [1.807, 2.05) is 19.9 Å². The van der Waals surface area contributed by atoms with Crippen LogP contribution < -0.4 is 5.32 Å². The van der Waals surface area contributed by atoms with Crippen molar-refractivity contribution in [3.8, 4) is 6.07 Å². The fraction of sp³-hybridized carbons (Fsp3) is 0.846. The molecule has 0 aromatic rings. The van der Waals surface area contributed by atoms with Crippen LogP contribution in [0, 0.1) is 11.3 Å². The maximum absolute atomic E-state index is 11.6. The molecule has 2 N–H and O–H groups in total. The predicted octanol–water partition coefficient (Wildman–Crippen LogP) is -0.595. The second-order valence-corrected chi connectivity index (χ2v) is 5.62. The van der Waals surface area contributed by atoms with Crippen molar-refractivity contribution in [3.05, 3.63) is 0 Å². The van der Waals surface area contributed by atoms with Gasteiger partial charge in [-0.25, -0.2) is 0 Å². The summed E-state index contributed by atoms with van der Waals surface area (Å²) in [6.45, 7) is 8.50. The summed E-state index contributed by atoms with van der Waals surface area (Å²) in [6.07, 6.45) is 0.352. The Hall–Kier alpha value is -1.16. The van der Waals surface area contributed by atoms with Gasteiger partial charge in [0, 0.05) is 39.3 Å². The van der Waals surface area contributed by atoms with Crippen LogP contribution in [0.1, 0.15) is 20.3 Å². The molecule has 0 aliphatic carbocycles. The molecule has 0 unspecified atom stereocenters. The molecule has 0 aromatic heterocycles. The lowest BCUT2D eigenvalue weighted by molar-refractivity contribution is -0.122. The van der Waals surface area contributed by atoms with Gasteiger partial charge in [0.15, 0.2) is 0 Å². The average Bonchev–Trinajstić information content (AvgIpc) is 2.30. The van der Waals surface area contributed by atoms with E-state index in [0.29, 0.717) is 26.1 Å². The lowest BCUT2D eigenvalue weighted by atomic mass is 10.1. The van der Waals surface area contributed by atoms with E-state index in [2.05, 4.69) is 15.1 Å². The van der Waals surface area contributed by atoms with E-state index in [1.54, 1.807) is 0 Å². The van der Waals surface area contributed by atoms with Gasteiger partial charge < -0.3 is 10.4 Å². The Bertz CT molecular complexity index is 325. The first-order chi connectivity index (χ1) is 8.90. The summed E-state index contributed by atoms with van der Waals surface area (Å²) in [6, 6.07) is 2.00. The third-order valence-corrected chi connectivity index (χ3v) is 3.00. The molecule has 0 radical (unpaired) electrons. The molecular weight excluding hydrogens is 244 g/mol. The number of carbonyl (C=O) groups is 1. The summed E-state index contributed by atoms with van der Waals surface area (Å²) in [7, 11) is 0. The van der Waals surface area contributed by atoms with E-state index in [0.717, 1.165) is 26.2 Å². The van der Waals surface area contributed by atoms with Gasteiger partial charge in [-0.3, -0.25) is 14.6 Å². The summed E-state index contributed by atoms with van der Waals surface area (Å²) in [5.41, 5.74) is -0.670. The molecule has 108 valence electrons. The number of nitrogens with one attached hydrogen (secondary N) is 1. The lowest BCUT2D eigenvalue weighted by Gasteiger charge is -2.36. The van der Waals surface area contributed by atoms with Crippen LogP contribution in [0.5, 0.6) is 0 Å². The van der Waals surface area contributed by atoms with Crippen LogP contribution in [0.2, 0.25) is 0 Å². The smallest absolute Gasteiger partial charge is 0.234 e. The first-order valence-corrected chi connectivity index (χ1v) is 6.71. The zero-order chi connectivity index (χ0) is 14.3. The van der Waals surface area contributed by atoms with Crippen LogP contribution in [0.4, 0.5) is 0 Å². The molecule has 1 aliphatic heterocycles. The maximum atomic E-state index is 11.6. The first-order valence-electron chi connectivity index (χ1n) is 6.71. The van der Waals surface area contributed by atoms with Crippen LogP contribution in [0.3, 0.4) is 0 Å². The fourth-order valence-electron chi connectivity index (χ4n) is 2.17. The summed E-state index contributed by atoms with van der Waals surface area (Å²) < 4.78 is 0. The summed E-state index contributed by atoms with van der Waals surface area (Å²) in [4.78, 5) is 15.9. The molecule has 1 fully saturated rings. The monoisotopic (exact) mass is 268 g/mol. The molecule has 6 nitrogen and oxygen atoms in total. The van der Waals surface area contributed by atoms with E-state index < -0.39 is 5.60 Å². The van der Waals surface area contributed by atoms with Crippen LogP contribution in [-0.2, 0) is 4.79 Å². The van der Waals surface area contributed by atoms with Crippen LogP contribution in [-0.4, -0.2) is 72.2 Å². The van der Waals surface area contributed by atoms with Gasteiger partial charge in [0.25, 0.3) is 0 Å². The van der Waals surface area contributed by atoms with Crippen LogP contribution >= 0.6 is 0 Å². The number of aliphatic hydroxyl groups is 1. The molecule has 1 rings (SSSR count). The Morgan fingerprint density at radius 1 is 1.32 bits per heavy atom. The standard InChI is InChI=1S/C13H24N4O2/c1-13(2,19)11-17-8-6-16(7-9-17)10-12(18)15-5-3-4-14/h19H,3,5-11H2,1-2H3,(H,15,18). The molecule has 6 heteroatoms. The van der Waals surface area contributed by atoms with Gasteiger partial charge in [-0.15, -0.1) is 0 Å². The van der Waals surface area contributed by atoms with E-state index in [-0.39, 0.29) is 5.91 Å². The zero-order valence-electron chi connectivity index (χ0n) is 11.9. The highest BCUT2D eigenvalue weighted by molar-refractivity contribution is 5.78. The third-order valence-electron chi connectivity index (χ3n) is 3.00. The number of nitriles is 1. The molecule has 0 spiro atoms. The minimum atomic E-state index is -0.670. The zero-order valence-corrected chi connectivity index (χ0v) is 11.9. The summed E-state index contributed by atoms with van der Waals surface area (Å²) in [5.74, 6) is -0.0220. The van der Waals surface area contributed by atoms with Gasteiger partial charge in [-0.1, -0.05) is 0 Å². The maximum Gasteiger partial charge on any atom is 0.234 e. The van der Waals surface area contributed by atoms with Gasteiger partial charge in [0.2, 0.25) is 5.91 Å². The SMILES string of the molecule is CC(C)(O)CN1CCN(CC(=O)NCCC#N)CC1. The number of carbonyl (C=O) groups excluding carboxylic acids is 1. The Morgan fingerprint density at radius 3 is 2.42 bits per heavy atom. The molecule has 0 aromatic carbocycles. The number of piperazine rings is 1. The van der Waals surface area contributed by atoms with Crippen molar-refractivity contribution in [1.82, 2.24) is 15.1 Å². The van der Waals surface area contributed by atoms with Crippen molar-refractivity contribution in [2.45, 2.75) is 25.9 Å². The van der Waals surface area contributed by atoms with E-state index in [4.69, 9.17) is 5.26 Å². The van der Waals surface area contributed by atoms with Crippen molar-refractivity contribution in [1.29, 1.82) is 5.26 Å². The van der Waals surface area contributed by atoms with Crippen molar-refractivity contribution < 1.29 is 9.90 Å². The van der Waals surface area contributed by atoms with Gasteiger partial charge in [-0.2, -0.15) is 5.26 Å². The van der Waals surface area contributed by atoms with Crippen molar-refractivity contribution in [3.63, 3.8) is 0 Å². The molecule has 0 saturated carbocycles. The molecule has 0 bridgehead atoms. The second kappa shape index (κ2) is 7.43. The molecule has 19 heavy (non-hydrogen) atoms. The Morgan fingerprint density at radius 2 is 1.89 bits per heavy atom. The largest absolute Gasteiger partial charge is 0.389 e. The van der Waals surface area contributed by atoms with Crippen LogP contribution in [0.25, 0.3) is 0 Å². The average molecular weight is 268 g/mol. The highest BCUT2D eigenvalue weighted by atomic mass is 16.3. The van der Waals surface area contributed by atoms with E-state index >= 15 is 0 Å². The molecular formula is C13H24N4O2. The topological polar surface area (TPSA) is 79.6 Å². The van der Waals surface area contributed by atoms with Crippen molar-refractivity contribution >= 4 is 5.91 Å². The highest BCUT2D eigenvalue weighted by Gasteiger charge is 2.23. The van der Waals surface area contributed by atoms with Crippen LogP contribution in [0.15, 0.2) is 0 Å². The second-order valence-electron chi connectivity index (χ2n) is 5.62. The van der Waals surface area contributed by atoms with Gasteiger partial charge in [0.1, 0.15) is 0 Å². The predicted molar refractivity (Wildman–Crippen MR) is 72.4 cm³/mol. The minimum Gasteiger partial charge on any atom is -0.389 e. The highest BCUT2D eigenvalue weighted by Crippen LogP contribution is 2.08. The molecule has 0 atom stereocenters. The summed E-state index contributed by atoms with van der Waals surface area (Å²) in [5, 5.41) is 20.9. The lowest BCUT2D eigenvalue weighted by Crippen LogP contribution is -2.52. The van der Waals surface area contributed by atoms with Gasteiger partial charge in [0.05, 0.1) is 24.6 Å². The van der Waals surface area contributed by atoms with E-state index in [1.165, 1.54) is 0 Å². The number of hydrogen-bond donors (Lipinski definition) is 2. The number of rotatable bonds is 6. The number of β-amino-alcohol motifs (C(OH)–C–C–N with tert-alkyl or cyclic N) is 1. The van der Waals surface area contributed by atoms with Crippen molar-refractivity contribution in [2.24, 2.45) is 0 Å². The number of nitrogens with zero attached hydrogens (tertiary/aromatic N) is 3. The number of hydrogen-bond acceptors (Lipinski definition) is 5. The van der Waals surface area contributed by atoms with Crippen molar-refractivity contribution in [2.75, 3.05) is 45.8 Å². The quantitative estimate of drug-likeness (QED) is 0.629. The van der Waals surface area contributed by atoms with Gasteiger partial charge >= 0.3 is 0 Å². The molecule has 1 heterocycles. The molecule has 1 saturated heterocycles. The normalized spacial score (nSPS) is 18.0. The fourth-order valence-corrected chi connectivity index (χ4v) is 2.17. The Balaban J connectivity index is 2.19. The van der Waals surface area contributed by atoms with E-state index in [9.17, 15) is 9.90 Å². The first kappa shape index (κ1) is 15.9.